The Balaban J connectivity index is 1.38. The number of amides is 2. The third-order valence-corrected chi connectivity index (χ3v) is 6.24. The molecule has 0 saturated carbocycles. The van der Waals surface area contributed by atoms with Crippen molar-refractivity contribution >= 4 is 28.3 Å². The number of halogens is 1. The molecular formula is C27H23FN6O. The van der Waals surface area contributed by atoms with Crippen LogP contribution in [0, 0.1) is 17.1 Å². The van der Waals surface area contributed by atoms with Gasteiger partial charge in [0.1, 0.15) is 11.5 Å². The van der Waals surface area contributed by atoms with Crippen molar-refractivity contribution in [1.82, 2.24) is 15.1 Å². The summed E-state index contributed by atoms with van der Waals surface area (Å²) in [4.78, 5) is 16.7. The number of anilines is 2. The second kappa shape index (κ2) is 9.39. The molecule has 2 amide bonds. The quantitative estimate of drug-likeness (QED) is 0.457. The molecule has 0 spiro atoms. The lowest BCUT2D eigenvalue weighted by molar-refractivity contribution is 0.200. The molecule has 5 rings (SSSR count). The minimum absolute atomic E-state index is 0.0150. The number of urea groups is 1. The van der Waals surface area contributed by atoms with Crippen LogP contribution in [-0.2, 0) is 0 Å². The number of aromatic nitrogens is 2. The zero-order chi connectivity index (χ0) is 24.4. The van der Waals surface area contributed by atoms with Crippen LogP contribution >= 0.6 is 0 Å². The second-order valence-electron chi connectivity index (χ2n) is 8.53. The molecule has 1 N–H and O–H groups in total. The zero-order valence-corrected chi connectivity index (χ0v) is 19.1. The molecule has 7 nitrogen and oxygen atoms in total. The van der Waals surface area contributed by atoms with E-state index >= 15 is 0 Å². The number of nitriles is 1. The lowest BCUT2D eigenvalue weighted by atomic mass is 10.0. The van der Waals surface area contributed by atoms with Crippen molar-refractivity contribution in [2.24, 2.45) is 0 Å². The standard InChI is InChI=1S/C27H23FN6O/c1-18-17-33(27(35)30-22-12-10-21(28)11-13-22)14-15-34(18)26-24-5-3-2-4-23(24)25(31-32-26)20-8-6-19(16-29)7-9-20/h2-13,18H,14-15,17H2,1H3,(H,30,35)/t18-/m0/s1. The largest absolute Gasteiger partial charge is 0.348 e. The number of carbonyl (C=O) groups is 1. The van der Waals surface area contributed by atoms with Crippen LogP contribution in [0.3, 0.4) is 0 Å². The van der Waals surface area contributed by atoms with Gasteiger partial charge in [0.05, 0.1) is 11.6 Å². The SMILES string of the molecule is C[C@H]1CN(C(=O)Nc2ccc(F)cc2)CCN1c1nnc(-c2ccc(C#N)cc2)c2ccccc12. The van der Waals surface area contributed by atoms with E-state index in [2.05, 4.69) is 33.4 Å². The summed E-state index contributed by atoms with van der Waals surface area (Å²) in [6.45, 7) is 3.69. The van der Waals surface area contributed by atoms with Crippen molar-refractivity contribution in [3.63, 3.8) is 0 Å². The van der Waals surface area contributed by atoms with Gasteiger partial charge in [0, 0.05) is 47.7 Å². The third-order valence-electron chi connectivity index (χ3n) is 6.24. The van der Waals surface area contributed by atoms with E-state index in [1.54, 1.807) is 29.2 Å². The van der Waals surface area contributed by atoms with Gasteiger partial charge in [-0.05, 0) is 43.3 Å². The lowest BCUT2D eigenvalue weighted by Gasteiger charge is -2.40. The van der Waals surface area contributed by atoms with Gasteiger partial charge < -0.3 is 15.1 Å². The number of fused-ring (bicyclic) bond motifs is 1. The molecular weight excluding hydrogens is 443 g/mol. The summed E-state index contributed by atoms with van der Waals surface area (Å²) in [5, 5.41) is 23.0. The van der Waals surface area contributed by atoms with Gasteiger partial charge in [0.15, 0.2) is 5.82 Å². The van der Waals surface area contributed by atoms with Crippen molar-refractivity contribution in [3.8, 4) is 17.3 Å². The van der Waals surface area contributed by atoms with Crippen LogP contribution in [0.4, 0.5) is 20.7 Å². The van der Waals surface area contributed by atoms with E-state index < -0.39 is 0 Å². The highest BCUT2D eigenvalue weighted by atomic mass is 19.1. The summed E-state index contributed by atoms with van der Waals surface area (Å²) in [5.74, 6) is 0.438. The maximum Gasteiger partial charge on any atom is 0.321 e. The van der Waals surface area contributed by atoms with E-state index in [0.717, 1.165) is 27.8 Å². The Kier molecular flexibility index (Phi) is 5.98. The Morgan fingerprint density at radius 3 is 2.40 bits per heavy atom. The van der Waals surface area contributed by atoms with E-state index in [4.69, 9.17) is 5.26 Å². The Bertz CT molecular complexity index is 1410. The molecule has 3 aromatic carbocycles. The summed E-state index contributed by atoms with van der Waals surface area (Å²) < 4.78 is 13.1. The van der Waals surface area contributed by atoms with Crippen molar-refractivity contribution < 1.29 is 9.18 Å². The number of hydrogen-bond acceptors (Lipinski definition) is 5. The maximum atomic E-state index is 13.1. The highest BCUT2D eigenvalue weighted by Gasteiger charge is 2.29. The van der Waals surface area contributed by atoms with Crippen LogP contribution in [0.5, 0.6) is 0 Å². The molecule has 2 heterocycles. The van der Waals surface area contributed by atoms with Crippen molar-refractivity contribution in [1.29, 1.82) is 5.26 Å². The molecule has 0 bridgehead atoms. The smallest absolute Gasteiger partial charge is 0.321 e. The molecule has 4 aromatic rings. The van der Waals surface area contributed by atoms with Gasteiger partial charge in [-0.2, -0.15) is 5.26 Å². The molecule has 0 unspecified atom stereocenters. The minimum Gasteiger partial charge on any atom is -0.348 e. The first-order valence-electron chi connectivity index (χ1n) is 11.4. The zero-order valence-electron chi connectivity index (χ0n) is 19.1. The highest BCUT2D eigenvalue weighted by Crippen LogP contribution is 2.33. The molecule has 35 heavy (non-hydrogen) atoms. The summed E-state index contributed by atoms with van der Waals surface area (Å²) in [5.41, 5.74) is 2.81. The summed E-state index contributed by atoms with van der Waals surface area (Å²) in [6.07, 6.45) is 0. The Morgan fingerprint density at radius 1 is 1.00 bits per heavy atom. The van der Waals surface area contributed by atoms with Crippen molar-refractivity contribution in [2.75, 3.05) is 29.9 Å². The van der Waals surface area contributed by atoms with Crippen LogP contribution < -0.4 is 10.2 Å². The molecule has 1 atom stereocenters. The summed E-state index contributed by atoms with van der Waals surface area (Å²) in [6, 6.07) is 23.0. The fraction of sp³-hybridized carbons (Fsp3) is 0.185. The van der Waals surface area contributed by atoms with Gasteiger partial charge >= 0.3 is 6.03 Å². The molecule has 1 aromatic heterocycles. The number of piperazine rings is 1. The normalized spacial score (nSPS) is 15.6. The number of nitrogens with one attached hydrogen (secondary N) is 1. The number of nitrogens with zero attached hydrogens (tertiary/aromatic N) is 5. The first-order valence-corrected chi connectivity index (χ1v) is 11.4. The lowest BCUT2D eigenvalue weighted by Crippen LogP contribution is -2.55. The van der Waals surface area contributed by atoms with E-state index in [0.29, 0.717) is 30.9 Å². The van der Waals surface area contributed by atoms with E-state index in [-0.39, 0.29) is 17.9 Å². The first kappa shape index (κ1) is 22.3. The number of rotatable bonds is 3. The Hall–Kier alpha value is -4.51. The van der Waals surface area contributed by atoms with E-state index in [1.807, 2.05) is 36.4 Å². The van der Waals surface area contributed by atoms with Crippen LogP contribution in [0.15, 0.2) is 72.8 Å². The molecule has 1 saturated heterocycles. The fourth-order valence-electron chi connectivity index (χ4n) is 4.41. The van der Waals surface area contributed by atoms with Gasteiger partial charge in [-0.3, -0.25) is 0 Å². The average Bonchev–Trinajstić information content (AvgIpc) is 2.89. The number of carbonyl (C=O) groups excluding carboxylic acids is 1. The van der Waals surface area contributed by atoms with Crippen LogP contribution in [0.1, 0.15) is 12.5 Å². The monoisotopic (exact) mass is 466 g/mol. The number of hydrogen-bond donors (Lipinski definition) is 1. The van der Waals surface area contributed by atoms with Crippen LogP contribution in [0.2, 0.25) is 0 Å². The summed E-state index contributed by atoms with van der Waals surface area (Å²) in [7, 11) is 0. The molecule has 1 fully saturated rings. The van der Waals surface area contributed by atoms with Gasteiger partial charge in [0.25, 0.3) is 0 Å². The van der Waals surface area contributed by atoms with Gasteiger partial charge in [0.2, 0.25) is 0 Å². The third kappa shape index (κ3) is 4.49. The maximum absolute atomic E-state index is 13.1. The van der Waals surface area contributed by atoms with Gasteiger partial charge in [-0.25, -0.2) is 9.18 Å². The number of benzene rings is 3. The van der Waals surface area contributed by atoms with Gasteiger partial charge in [-0.15, -0.1) is 10.2 Å². The highest BCUT2D eigenvalue weighted by molar-refractivity contribution is 6.00. The van der Waals surface area contributed by atoms with Crippen molar-refractivity contribution in [2.45, 2.75) is 13.0 Å². The molecule has 1 aliphatic heterocycles. The predicted octanol–water partition coefficient (Wildman–Crippen LogP) is 5.05. The fourth-order valence-corrected chi connectivity index (χ4v) is 4.41. The van der Waals surface area contributed by atoms with Crippen molar-refractivity contribution in [3.05, 3.63) is 84.2 Å². The minimum atomic E-state index is -0.344. The van der Waals surface area contributed by atoms with Gasteiger partial charge in [-0.1, -0.05) is 36.4 Å². The topological polar surface area (TPSA) is 85.2 Å². The molecule has 0 radical (unpaired) electrons. The second-order valence-corrected chi connectivity index (χ2v) is 8.53. The Labute approximate surface area is 202 Å². The first-order chi connectivity index (χ1) is 17.0. The van der Waals surface area contributed by atoms with Crippen LogP contribution in [-0.4, -0.2) is 46.8 Å². The molecule has 8 heteroatoms. The summed E-state index contributed by atoms with van der Waals surface area (Å²) >= 11 is 0. The molecule has 0 aliphatic carbocycles. The predicted molar refractivity (Wildman–Crippen MR) is 133 cm³/mol. The van der Waals surface area contributed by atoms with E-state index in [9.17, 15) is 9.18 Å². The van der Waals surface area contributed by atoms with E-state index in [1.165, 1.54) is 12.1 Å². The molecule has 1 aliphatic rings. The van der Waals surface area contributed by atoms with Crippen LogP contribution in [0.25, 0.3) is 22.0 Å². The molecule has 174 valence electrons. The average molecular weight is 467 g/mol. The Morgan fingerprint density at radius 2 is 1.71 bits per heavy atom.